The van der Waals surface area contributed by atoms with Crippen LogP contribution in [0.15, 0.2) is 0 Å². The monoisotopic (exact) mass is 213 g/mol. The van der Waals surface area contributed by atoms with Crippen LogP contribution in [0.3, 0.4) is 0 Å². The van der Waals surface area contributed by atoms with Crippen LogP contribution in [-0.4, -0.2) is 46.3 Å². The minimum absolute atomic E-state index is 0.184. The molecule has 3 aliphatic heterocycles. The fourth-order valence-corrected chi connectivity index (χ4v) is 3.21. The van der Waals surface area contributed by atoms with Gasteiger partial charge in [-0.1, -0.05) is 6.92 Å². The van der Waals surface area contributed by atoms with Gasteiger partial charge in [0.1, 0.15) is 0 Å². The van der Waals surface area contributed by atoms with E-state index in [1.54, 1.807) is 0 Å². The highest BCUT2D eigenvalue weighted by Gasteiger charge is 2.51. The van der Waals surface area contributed by atoms with Crippen molar-refractivity contribution in [3.63, 3.8) is 0 Å². The molecule has 2 atom stereocenters. The van der Waals surface area contributed by atoms with Gasteiger partial charge in [-0.3, -0.25) is 4.79 Å². The SMILES string of the molecule is CCC(C(=O)O)C1(O)CN2CCC1CC2. The molecule has 0 radical (unpaired) electrons. The van der Waals surface area contributed by atoms with Gasteiger partial charge < -0.3 is 15.1 Å². The third-order valence-electron chi connectivity index (χ3n) is 4.08. The molecule has 0 aromatic heterocycles. The van der Waals surface area contributed by atoms with Crippen molar-refractivity contribution < 1.29 is 15.0 Å². The lowest BCUT2D eigenvalue weighted by molar-refractivity contribution is -0.176. The first kappa shape index (κ1) is 10.9. The van der Waals surface area contributed by atoms with Crippen molar-refractivity contribution in [2.24, 2.45) is 11.8 Å². The summed E-state index contributed by atoms with van der Waals surface area (Å²) in [6.45, 7) is 4.42. The molecule has 3 saturated heterocycles. The largest absolute Gasteiger partial charge is 0.481 e. The molecule has 0 spiro atoms. The summed E-state index contributed by atoms with van der Waals surface area (Å²) >= 11 is 0. The van der Waals surface area contributed by atoms with Crippen molar-refractivity contribution >= 4 is 5.97 Å². The van der Waals surface area contributed by atoms with E-state index in [0.29, 0.717) is 13.0 Å². The van der Waals surface area contributed by atoms with Crippen molar-refractivity contribution in [3.8, 4) is 0 Å². The van der Waals surface area contributed by atoms with Crippen LogP contribution in [0.1, 0.15) is 26.2 Å². The molecule has 4 nitrogen and oxygen atoms in total. The number of aliphatic hydroxyl groups is 1. The second-order valence-corrected chi connectivity index (χ2v) is 4.84. The van der Waals surface area contributed by atoms with Gasteiger partial charge in [-0.05, 0) is 38.3 Å². The van der Waals surface area contributed by atoms with Crippen molar-refractivity contribution in [1.29, 1.82) is 0 Å². The molecule has 0 saturated carbocycles. The molecule has 2 unspecified atom stereocenters. The zero-order chi connectivity index (χ0) is 11.1. The smallest absolute Gasteiger partial charge is 0.309 e. The molecule has 0 aliphatic carbocycles. The molecule has 0 amide bonds. The summed E-state index contributed by atoms with van der Waals surface area (Å²) in [6.07, 6.45) is 2.40. The Balaban J connectivity index is 2.21. The highest BCUT2D eigenvalue weighted by molar-refractivity contribution is 5.71. The van der Waals surface area contributed by atoms with E-state index < -0.39 is 17.5 Å². The predicted molar refractivity (Wildman–Crippen MR) is 55.5 cm³/mol. The number of aliphatic carboxylic acids is 1. The molecule has 2 bridgehead atoms. The summed E-state index contributed by atoms with van der Waals surface area (Å²) in [6, 6.07) is 0. The van der Waals surface area contributed by atoms with Crippen molar-refractivity contribution in [3.05, 3.63) is 0 Å². The number of hydrogen-bond donors (Lipinski definition) is 2. The topological polar surface area (TPSA) is 60.8 Å². The van der Waals surface area contributed by atoms with Gasteiger partial charge in [-0.2, -0.15) is 0 Å². The van der Waals surface area contributed by atoms with E-state index in [-0.39, 0.29) is 5.92 Å². The summed E-state index contributed by atoms with van der Waals surface area (Å²) in [4.78, 5) is 13.3. The van der Waals surface area contributed by atoms with E-state index in [9.17, 15) is 9.90 Å². The van der Waals surface area contributed by atoms with Crippen LogP contribution in [-0.2, 0) is 4.79 Å². The Kier molecular flexibility index (Phi) is 2.73. The zero-order valence-electron chi connectivity index (χ0n) is 9.15. The Morgan fingerprint density at radius 3 is 2.47 bits per heavy atom. The third-order valence-corrected chi connectivity index (χ3v) is 4.08. The van der Waals surface area contributed by atoms with E-state index in [4.69, 9.17) is 5.11 Å². The molecule has 3 fully saturated rings. The molecular formula is C11H19NO3. The third kappa shape index (κ3) is 1.66. The van der Waals surface area contributed by atoms with Crippen LogP contribution < -0.4 is 0 Å². The normalized spacial score (nSPS) is 41.5. The van der Waals surface area contributed by atoms with Crippen LogP contribution in [0, 0.1) is 11.8 Å². The van der Waals surface area contributed by atoms with Gasteiger partial charge in [0.2, 0.25) is 0 Å². The Bertz CT molecular complexity index is 261. The predicted octanol–water partition coefficient (Wildman–Crippen LogP) is 0.554. The summed E-state index contributed by atoms with van der Waals surface area (Å²) in [5.74, 6) is -1.28. The average Bonchev–Trinajstić information content (AvgIpc) is 2.18. The summed E-state index contributed by atoms with van der Waals surface area (Å²) in [7, 11) is 0. The van der Waals surface area contributed by atoms with E-state index in [0.717, 1.165) is 25.9 Å². The van der Waals surface area contributed by atoms with Gasteiger partial charge in [0.15, 0.2) is 0 Å². The summed E-state index contributed by atoms with van der Waals surface area (Å²) < 4.78 is 0. The highest BCUT2D eigenvalue weighted by Crippen LogP contribution is 2.41. The first-order valence-electron chi connectivity index (χ1n) is 5.75. The fraction of sp³-hybridized carbons (Fsp3) is 0.909. The standard InChI is InChI=1S/C11H19NO3/c1-2-9(10(13)14)11(15)7-12-5-3-8(11)4-6-12/h8-9,15H,2-7H2,1H3,(H,13,14). The van der Waals surface area contributed by atoms with E-state index in [2.05, 4.69) is 4.90 Å². The van der Waals surface area contributed by atoms with Crippen LogP contribution in [0.5, 0.6) is 0 Å². The molecule has 4 heteroatoms. The molecular weight excluding hydrogens is 194 g/mol. The maximum absolute atomic E-state index is 11.1. The molecule has 2 N–H and O–H groups in total. The van der Waals surface area contributed by atoms with Crippen molar-refractivity contribution in [1.82, 2.24) is 4.90 Å². The van der Waals surface area contributed by atoms with Crippen molar-refractivity contribution in [2.45, 2.75) is 31.8 Å². The first-order chi connectivity index (χ1) is 7.08. The van der Waals surface area contributed by atoms with Crippen LogP contribution in [0.25, 0.3) is 0 Å². The number of carbonyl (C=O) groups is 1. The number of nitrogens with zero attached hydrogens (tertiary/aromatic N) is 1. The number of carboxylic acids is 1. The van der Waals surface area contributed by atoms with Gasteiger partial charge in [-0.15, -0.1) is 0 Å². The zero-order valence-corrected chi connectivity index (χ0v) is 9.15. The minimum Gasteiger partial charge on any atom is -0.481 e. The maximum atomic E-state index is 11.1. The van der Waals surface area contributed by atoms with Gasteiger partial charge in [0.05, 0.1) is 11.5 Å². The van der Waals surface area contributed by atoms with Gasteiger partial charge >= 0.3 is 5.97 Å². The Labute approximate surface area is 89.9 Å². The first-order valence-corrected chi connectivity index (χ1v) is 5.75. The summed E-state index contributed by atoms with van der Waals surface area (Å²) in [5.41, 5.74) is -0.989. The fourth-order valence-electron chi connectivity index (χ4n) is 3.21. The lowest BCUT2D eigenvalue weighted by Crippen LogP contribution is -2.63. The molecule has 3 aliphatic rings. The Morgan fingerprint density at radius 2 is 2.13 bits per heavy atom. The number of hydrogen-bond acceptors (Lipinski definition) is 3. The van der Waals surface area contributed by atoms with E-state index >= 15 is 0 Å². The average molecular weight is 213 g/mol. The van der Waals surface area contributed by atoms with Crippen LogP contribution >= 0.6 is 0 Å². The minimum atomic E-state index is -0.989. The molecule has 86 valence electrons. The Morgan fingerprint density at radius 1 is 1.53 bits per heavy atom. The molecule has 3 rings (SSSR count). The van der Waals surface area contributed by atoms with E-state index in [1.165, 1.54) is 0 Å². The van der Waals surface area contributed by atoms with E-state index in [1.807, 2.05) is 6.92 Å². The molecule has 15 heavy (non-hydrogen) atoms. The molecule has 3 heterocycles. The molecule has 0 aromatic rings. The number of fused-ring (bicyclic) bond motifs is 3. The number of piperidine rings is 3. The molecule has 0 aromatic carbocycles. The quantitative estimate of drug-likeness (QED) is 0.719. The highest BCUT2D eigenvalue weighted by atomic mass is 16.4. The van der Waals surface area contributed by atoms with Gasteiger partial charge in [0, 0.05) is 6.54 Å². The second-order valence-electron chi connectivity index (χ2n) is 4.84. The number of carboxylic acid groups (broad SMARTS) is 1. The lowest BCUT2D eigenvalue weighted by Gasteiger charge is -2.52. The van der Waals surface area contributed by atoms with Crippen molar-refractivity contribution in [2.75, 3.05) is 19.6 Å². The summed E-state index contributed by atoms with van der Waals surface area (Å²) in [5, 5.41) is 19.7. The van der Waals surface area contributed by atoms with Gasteiger partial charge in [0.25, 0.3) is 0 Å². The lowest BCUT2D eigenvalue weighted by atomic mass is 9.68. The van der Waals surface area contributed by atoms with Gasteiger partial charge in [-0.25, -0.2) is 0 Å². The number of rotatable bonds is 3. The van der Waals surface area contributed by atoms with Crippen LogP contribution in [0.2, 0.25) is 0 Å². The Hall–Kier alpha value is -0.610. The van der Waals surface area contributed by atoms with Crippen LogP contribution in [0.4, 0.5) is 0 Å². The maximum Gasteiger partial charge on any atom is 0.309 e. The second kappa shape index (κ2) is 3.76.